The lowest BCUT2D eigenvalue weighted by Crippen LogP contribution is -2.45. The van der Waals surface area contributed by atoms with Gasteiger partial charge in [0.2, 0.25) is 0 Å². The summed E-state index contributed by atoms with van der Waals surface area (Å²) in [4.78, 5) is 0. The Balaban J connectivity index is 2.62. The fraction of sp³-hybridized carbons (Fsp3) is 0.667. The molecule has 0 N–H and O–H groups in total. The number of hydrogen-bond acceptors (Lipinski definition) is 1. The summed E-state index contributed by atoms with van der Waals surface area (Å²) in [7, 11) is -1.72. The van der Waals surface area contributed by atoms with Gasteiger partial charge in [-0.05, 0) is 48.0 Å². The zero-order chi connectivity index (χ0) is 16.1. The monoisotopic (exact) mass is 370 g/mol. The Bertz CT molecular complexity index is 423. The summed E-state index contributed by atoms with van der Waals surface area (Å²) in [6, 6.07) is 8.92. The predicted octanol–water partition coefficient (Wildman–Crippen LogP) is 6.17. The minimum absolute atomic E-state index is 0.281. The summed E-state index contributed by atoms with van der Waals surface area (Å²) < 4.78 is 6.39. The van der Waals surface area contributed by atoms with Crippen molar-refractivity contribution < 1.29 is 4.43 Å². The second-order valence-corrected chi connectivity index (χ2v) is 12.7. The first-order valence-corrected chi connectivity index (χ1v) is 12.0. The van der Waals surface area contributed by atoms with Crippen molar-refractivity contribution in [1.82, 2.24) is 0 Å². The minimum Gasteiger partial charge on any atom is -0.413 e. The highest BCUT2D eigenvalue weighted by atomic mass is 79.9. The van der Waals surface area contributed by atoms with Crippen molar-refractivity contribution >= 4 is 24.2 Å². The van der Waals surface area contributed by atoms with Gasteiger partial charge in [-0.3, -0.25) is 0 Å². The van der Waals surface area contributed by atoms with E-state index in [1.807, 2.05) is 0 Å². The summed E-state index contributed by atoms with van der Waals surface area (Å²) in [6.45, 7) is 14.7. The predicted molar refractivity (Wildman–Crippen MR) is 99.7 cm³/mol. The molecule has 1 aromatic carbocycles. The summed E-state index contributed by atoms with van der Waals surface area (Å²) in [6.07, 6.45) is 2.34. The third-order valence-corrected chi connectivity index (χ3v) is 10.3. The Hall–Kier alpha value is -0.123. The van der Waals surface area contributed by atoms with Crippen molar-refractivity contribution in [3.05, 3.63) is 35.4 Å². The van der Waals surface area contributed by atoms with Crippen LogP contribution in [0.4, 0.5) is 0 Å². The average Bonchev–Trinajstić information content (AvgIpc) is 2.43. The van der Waals surface area contributed by atoms with Gasteiger partial charge in [0.05, 0.1) is 6.61 Å². The van der Waals surface area contributed by atoms with E-state index in [1.54, 1.807) is 0 Å². The van der Waals surface area contributed by atoms with Crippen molar-refractivity contribution in [2.75, 3.05) is 5.33 Å². The standard InChI is InChI=1S/C18H31BrOSi/c1-15(2)18(3,4)21(5,6)20-14-17-11-9-16(10-12-17)8-7-13-19/h9-12,15H,7-8,13-14H2,1-6H3. The van der Waals surface area contributed by atoms with Gasteiger partial charge in [0.15, 0.2) is 8.32 Å². The summed E-state index contributed by atoms with van der Waals surface area (Å²) in [5, 5.41) is 1.35. The second-order valence-electron chi connectivity index (χ2n) is 7.28. The third kappa shape index (κ3) is 5.22. The molecule has 0 spiro atoms. The SMILES string of the molecule is CC(C)C(C)(C)[Si](C)(C)OCc1ccc(CCCBr)cc1. The Labute approximate surface area is 140 Å². The number of benzene rings is 1. The molecule has 0 saturated carbocycles. The highest BCUT2D eigenvalue weighted by Crippen LogP contribution is 2.44. The first kappa shape index (κ1) is 18.9. The van der Waals surface area contributed by atoms with E-state index in [9.17, 15) is 0 Å². The van der Waals surface area contributed by atoms with Crippen molar-refractivity contribution in [3.8, 4) is 0 Å². The van der Waals surface area contributed by atoms with Gasteiger partial charge in [0.1, 0.15) is 0 Å². The molecule has 0 aromatic heterocycles. The maximum absolute atomic E-state index is 6.39. The smallest absolute Gasteiger partial charge is 0.193 e. The molecule has 0 bridgehead atoms. The Morgan fingerprint density at radius 2 is 1.62 bits per heavy atom. The van der Waals surface area contributed by atoms with Gasteiger partial charge in [0.25, 0.3) is 0 Å². The maximum Gasteiger partial charge on any atom is 0.193 e. The van der Waals surface area contributed by atoms with E-state index in [0.717, 1.165) is 18.4 Å². The number of alkyl halides is 1. The lowest BCUT2D eigenvalue weighted by Gasteiger charge is -2.42. The molecule has 0 saturated heterocycles. The van der Waals surface area contributed by atoms with Crippen molar-refractivity contribution in [1.29, 1.82) is 0 Å². The van der Waals surface area contributed by atoms with Gasteiger partial charge in [-0.2, -0.15) is 0 Å². The summed E-state index contributed by atoms with van der Waals surface area (Å²) in [5.41, 5.74) is 2.70. The van der Waals surface area contributed by atoms with Gasteiger partial charge >= 0.3 is 0 Å². The molecule has 0 radical (unpaired) electrons. The first-order valence-electron chi connectivity index (χ1n) is 7.98. The largest absolute Gasteiger partial charge is 0.413 e. The number of hydrogen-bond donors (Lipinski definition) is 0. The summed E-state index contributed by atoms with van der Waals surface area (Å²) >= 11 is 3.48. The third-order valence-electron chi connectivity index (χ3n) is 5.22. The van der Waals surface area contributed by atoms with E-state index in [0.29, 0.717) is 5.92 Å². The minimum atomic E-state index is -1.72. The van der Waals surface area contributed by atoms with Crippen LogP contribution in [0, 0.1) is 5.92 Å². The van der Waals surface area contributed by atoms with Crippen LogP contribution in [0.3, 0.4) is 0 Å². The Morgan fingerprint density at radius 1 is 1.10 bits per heavy atom. The van der Waals surface area contributed by atoms with E-state index < -0.39 is 8.32 Å². The molecule has 0 fully saturated rings. The first-order chi connectivity index (χ1) is 9.70. The van der Waals surface area contributed by atoms with Crippen molar-refractivity contribution in [2.24, 2.45) is 5.92 Å². The number of aryl methyl sites for hydroxylation is 1. The summed E-state index contributed by atoms with van der Waals surface area (Å²) in [5.74, 6) is 0.644. The molecule has 0 heterocycles. The molecule has 0 atom stereocenters. The molecular formula is C18H31BrOSi. The lowest BCUT2D eigenvalue weighted by molar-refractivity contribution is 0.256. The van der Waals surface area contributed by atoms with Crippen LogP contribution in [0.2, 0.25) is 18.1 Å². The van der Waals surface area contributed by atoms with Crippen LogP contribution in [0.5, 0.6) is 0 Å². The van der Waals surface area contributed by atoms with Gasteiger partial charge in [-0.15, -0.1) is 0 Å². The molecule has 1 aromatic rings. The van der Waals surface area contributed by atoms with Crippen LogP contribution >= 0.6 is 15.9 Å². The van der Waals surface area contributed by atoms with Gasteiger partial charge in [-0.1, -0.05) is 67.9 Å². The molecule has 0 amide bonds. The number of halogens is 1. The molecular weight excluding hydrogens is 340 g/mol. The van der Waals surface area contributed by atoms with Crippen molar-refractivity contribution in [3.63, 3.8) is 0 Å². The molecule has 3 heteroatoms. The fourth-order valence-corrected chi connectivity index (χ4v) is 4.79. The molecule has 0 aliphatic carbocycles. The zero-order valence-electron chi connectivity index (χ0n) is 14.5. The van der Waals surface area contributed by atoms with E-state index in [-0.39, 0.29) is 5.04 Å². The Morgan fingerprint density at radius 3 is 2.10 bits per heavy atom. The second kappa shape index (κ2) is 7.93. The van der Waals surface area contributed by atoms with E-state index in [1.165, 1.54) is 17.5 Å². The van der Waals surface area contributed by atoms with Crippen LogP contribution < -0.4 is 0 Å². The molecule has 21 heavy (non-hydrogen) atoms. The zero-order valence-corrected chi connectivity index (χ0v) is 17.1. The normalized spacial score (nSPS) is 13.0. The average molecular weight is 371 g/mol. The van der Waals surface area contributed by atoms with Crippen LogP contribution in [-0.2, 0) is 17.5 Å². The topological polar surface area (TPSA) is 9.23 Å². The molecule has 0 unspecified atom stereocenters. The molecule has 1 rings (SSSR count). The van der Waals surface area contributed by atoms with Gasteiger partial charge in [-0.25, -0.2) is 0 Å². The Kier molecular flexibility index (Phi) is 7.15. The van der Waals surface area contributed by atoms with Crippen LogP contribution in [0.15, 0.2) is 24.3 Å². The molecule has 1 nitrogen and oxygen atoms in total. The highest BCUT2D eigenvalue weighted by Gasteiger charge is 2.43. The molecule has 0 aliphatic rings. The van der Waals surface area contributed by atoms with Crippen molar-refractivity contribution in [2.45, 2.75) is 65.3 Å². The maximum atomic E-state index is 6.39. The fourth-order valence-electron chi connectivity index (χ4n) is 2.22. The van der Waals surface area contributed by atoms with Gasteiger partial charge in [0, 0.05) is 5.33 Å². The molecule has 120 valence electrons. The number of rotatable bonds is 8. The van der Waals surface area contributed by atoms with Crippen LogP contribution in [0.25, 0.3) is 0 Å². The van der Waals surface area contributed by atoms with E-state index in [2.05, 4.69) is 81.0 Å². The highest BCUT2D eigenvalue weighted by molar-refractivity contribution is 9.09. The van der Waals surface area contributed by atoms with E-state index >= 15 is 0 Å². The lowest BCUT2D eigenvalue weighted by atomic mass is 9.99. The van der Waals surface area contributed by atoms with Crippen LogP contribution in [-0.4, -0.2) is 13.6 Å². The van der Waals surface area contributed by atoms with Crippen LogP contribution in [0.1, 0.15) is 45.2 Å². The van der Waals surface area contributed by atoms with E-state index in [4.69, 9.17) is 4.43 Å². The quantitative estimate of drug-likeness (QED) is 0.392. The van der Waals surface area contributed by atoms with Gasteiger partial charge < -0.3 is 4.43 Å². The molecule has 0 aliphatic heterocycles.